The van der Waals surface area contributed by atoms with Crippen LogP contribution in [-0.4, -0.2) is 29.9 Å². The molecule has 4 nitrogen and oxygen atoms in total. The van der Waals surface area contributed by atoms with Crippen LogP contribution in [0, 0.1) is 0 Å². The van der Waals surface area contributed by atoms with E-state index in [1.807, 2.05) is 35.7 Å². The van der Waals surface area contributed by atoms with Crippen molar-refractivity contribution in [2.24, 2.45) is 5.11 Å². The molecular weight excluding hydrogens is 278 g/mol. The Balaban J connectivity index is 1.75. The molecule has 0 spiro atoms. The summed E-state index contributed by atoms with van der Waals surface area (Å²) in [6.45, 7) is 0.626. The molecular formula is C13H17N3OS2. The highest BCUT2D eigenvalue weighted by Crippen LogP contribution is 2.35. The predicted octanol–water partition coefficient (Wildman–Crippen LogP) is 4.11. The Bertz CT molecular complexity index is 446. The van der Waals surface area contributed by atoms with Crippen molar-refractivity contribution in [3.05, 3.63) is 40.3 Å². The van der Waals surface area contributed by atoms with Crippen molar-refractivity contribution in [1.29, 1.82) is 0 Å². The second-order valence-corrected chi connectivity index (χ2v) is 7.01. The first-order valence-electron chi connectivity index (χ1n) is 6.19. The first kappa shape index (κ1) is 14.4. The second-order valence-electron chi connectivity index (χ2n) is 4.39. The van der Waals surface area contributed by atoms with Gasteiger partial charge in [-0.2, -0.15) is 23.5 Å². The van der Waals surface area contributed by atoms with Crippen molar-refractivity contribution in [3.8, 4) is 5.75 Å². The number of nitrogens with zero attached hydrogens (tertiary/aromatic N) is 3. The van der Waals surface area contributed by atoms with Crippen LogP contribution >= 0.6 is 23.5 Å². The minimum absolute atomic E-state index is 0.504. The minimum atomic E-state index is 0.504. The number of benzene rings is 1. The lowest BCUT2D eigenvalue weighted by Gasteiger charge is -2.09. The van der Waals surface area contributed by atoms with Crippen LogP contribution in [0.4, 0.5) is 0 Å². The number of hydrogen-bond donors (Lipinski definition) is 0. The van der Waals surface area contributed by atoms with Gasteiger partial charge in [-0.05, 0) is 29.6 Å². The Hall–Kier alpha value is -0.970. The second kappa shape index (κ2) is 7.58. The molecule has 102 valence electrons. The van der Waals surface area contributed by atoms with Crippen LogP contribution in [0.1, 0.15) is 12.0 Å². The van der Waals surface area contributed by atoms with Crippen molar-refractivity contribution in [2.45, 2.75) is 22.7 Å². The molecule has 0 aliphatic carbocycles. The average Bonchev–Trinajstić information content (AvgIpc) is 2.91. The Morgan fingerprint density at radius 3 is 2.95 bits per heavy atom. The molecule has 2 rings (SSSR count). The van der Waals surface area contributed by atoms with Crippen LogP contribution in [0.2, 0.25) is 0 Å². The lowest BCUT2D eigenvalue weighted by molar-refractivity contribution is 0.414. The molecule has 0 saturated carbocycles. The van der Waals surface area contributed by atoms with Crippen molar-refractivity contribution in [3.63, 3.8) is 0 Å². The standard InChI is InChI=1S/C13H17N3OS2/c1-17-11-4-2-10(3-5-11)8-18-13-6-12(19-9-13)7-15-16-14/h2-5,12-13H,6-9H2,1H3. The van der Waals surface area contributed by atoms with E-state index in [1.54, 1.807) is 7.11 Å². The molecule has 2 atom stereocenters. The van der Waals surface area contributed by atoms with Crippen LogP contribution in [0.15, 0.2) is 29.4 Å². The third kappa shape index (κ3) is 4.56. The smallest absolute Gasteiger partial charge is 0.118 e. The van der Waals surface area contributed by atoms with Gasteiger partial charge in [0.15, 0.2) is 0 Å². The molecule has 0 aromatic heterocycles. The molecule has 0 bridgehead atoms. The zero-order valence-corrected chi connectivity index (χ0v) is 12.5. The van der Waals surface area contributed by atoms with Gasteiger partial charge in [0.1, 0.15) is 5.75 Å². The summed E-state index contributed by atoms with van der Waals surface area (Å²) in [5, 5.41) is 4.84. The molecule has 1 aromatic rings. The summed E-state index contributed by atoms with van der Waals surface area (Å²) in [7, 11) is 1.68. The quantitative estimate of drug-likeness (QED) is 0.451. The summed E-state index contributed by atoms with van der Waals surface area (Å²) in [6.07, 6.45) is 1.14. The Labute approximate surface area is 121 Å². The number of hydrogen-bond acceptors (Lipinski definition) is 4. The summed E-state index contributed by atoms with van der Waals surface area (Å²) in [5.41, 5.74) is 9.65. The molecule has 1 saturated heterocycles. The van der Waals surface area contributed by atoms with Gasteiger partial charge in [-0.15, -0.1) is 0 Å². The average molecular weight is 295 g/mol. The zero-order chi connectivity index (χ0) is 13.5. The largest absolute Gasteiger partial charge is 0.497 e. The van der Waals surface area contributed by atoms with Crippen LogP contribution in [0.3, 0.4) is 0 Å². The van der Waals surface area contributed by atoms with Gasteiger partial charge in [-0.1, -0.05) is 17.2 Å². The van der Waals surface area contributed by atoms with Crippen molar-refractivity contribution < 1.29 is 4.74 Å². The Morgan fingerprint density at radius 1 is 1.47 bits per heavy atom. The number of azide groups is 1. The van der Waals surface area contributed by atoms with E-state index in [-0.39, 0.29) is 0 Å². The minimum Gasteiger partial charge on any atom is -0.497 e. The van der Waals surface area contributed by atoms with E-state index >= 15 is 0 Å². The summed E-state index contributed by atoms with van der Waals surface area (Å²) < 4.78 is 5.15. The van der Waals surface area contributed by atoms with E-state index in [4.69, 9.17) is 10.3 Å². The molecule has 0 radical (unpaired) electrons. The first-order chi connectivity index (χ1) is 9.31. The third-order valence-electron chi connectivity index (χ3n) is 3.04. The molecule has 0 amide bonds. The molecule has 1 aliphatic rings. The highest BCUT2D eigenvalue weighted by molar-refractivity contribution is 8.04. The van der Waals surface area contributed by atoms with Crippen LogP contribution < -0.4 is 4.74 Å². The number of ether oxygens (including phenoxy) is 1. The lowest BCUT2D eigenvalue weighted by atomic mass is 10.2. The highest BCUT2D eigenvalue weighted by atomic mass is 32.2. The maximum atomic E-state index is 8.32. The van der Waals surface area contributed by atoms with Crippen LogP contribution in [0.5, 0.6) is 5.75 Å². The lowest BCUT2D eigenvalue weighted by Crippen LogP contribution is -2.06. The number of rotatable bonds is 6. The van der Waals surface area contributed by atoms with Gasteiger partial charge in [-0.25, -0.2) is 0 Å². The van der Waals surface area contributed by atoms with E-state index in [0.29, 0.717) is 17.0 Å². The van der Waals surface area contributed by atoms with Crippen LogP contribution in [0.25, 0.3) is 10.4 Å². The van der Waals surface area contributed by atoms with Gasteiger partial charge in [0.05, 0.1) is 7.11 Å². The van der Waals surface area contributed by atoms with E-state index < -0.39 is 0 Å². The molecule has 6 heteroatoms. The summed E-state index contributed by atoms with van der Waals surface area (Å²) >= 11 is 3.92. The normalized spacial score (nSPS) is 21.9. The molecule has 1 aromatic carbocycles. The van der Waals surface area contributed by atoms with Gasteiger partial charge in [0, 0.05) is 33.5 Å². The van der Waals surface area contributed by atoms with E-state index in [9.17, 15) is 0 Å². The molecule has 1 fully saturated rings. The van der Waals surface area contributed by atoms with Gasteiger partial charge in [0.2, 0.25) is 0 Å². The monoisotopic (exact) mass is 295 g/mol. The van der Waals surface area contributed by atoms with Crippen molar-refractivity contribution in [1.82, 2.24) is 0 Å². The molecule has 1 heterocycles. The molecule has 19 heavy (non-hydrogen) atoms. The number of methoxy groups -OCH3 is 1. The maximum absolute atomic E-state index is 8.32. The topological polar surface area (TPSA) is 58.0 Å². The summed E-state index contributed by atoms with van der Waals surface area (Å²) in [4.78, 5) is 2.83. The van der Waals surface area contributed by atoms with E-state index in [0.717, 1.165) is 23.7 Å². The molecule has 1 aliphatic heterocycles. The zero-order valence-electron chi connectivity index (χ0n) is 10.9. The Morgan fingerprint density at radius 2 is 2.26 bits per heavy atom. The van der Waals surface area contributed by atoms with E-state index in [2.05, 4.69) is 22.2 Å². The maximum Gasteiger partial charge on any atom is 0.118 e. The van der Waals surface area contributed by atoms with E-state index in [1.165, 1.54) is 5.56 Å². The SMILES string of the molecule is COc1ccc(CSC2CSC(CN=[N+]=[N-])C2)cc1. The predicted molar refractivity (Wildman–Crippen MR) is 83.0 cm³/mol. The van der Waals surface area contributed by atoms with Gasteiger partial charge < -0.3 is 4.74 Å². The van der Waals surface area contributed by atoms with Crippen molar-refractivity contribution >= 4 is 23.5 Å². The summed E-state index contributed by atoms with van der Waals surface area (Å²) in [5.74, 6) is 3.09. The molecule has 2 unspecified atom stereocenters. The first-order valence-corrected chi connectivity index (χ1v) is 8.28. The fraction of sp³-hybridized carbons (Fsp3) is 0.538. The highest BCUT2D eigenvalue weighted by Gasteiger charge is 2.24. The van der Waals surface area contributed by atoms with Gasteiger partial charge >= 0.3 is 0 Å². The third-order valence-corrected chi connectivity index (χ3v) is 5.99. The fourth-order valence-corrected chi connectivity index (χ4v) is 4.87. The summed E-state index contributed by atoms with van der Waals surface area (Å²) in [6, 6.07) is 8.24. The number of thioether (sulfide) groups is 2. The van der Waals surface area contributed by atoms with Gasteiger partial charge in [-0.3, -0.25) is 0 Å². The van der Waals surface area contributed by atoms with Crippen molar-refractivity contribution in [2.75, 3.05) is 19.4 Å². The van der Waals surface area contributed by atoms with Gasteiger partial charge in [0.25, 0.3) is 0 Å². The molecule has 0 N–H and O–H groups in total. The fourth-order valence-electron chi connectivity index (χ4n) is 1.98. The Kier molecular flexibility index (Phi) is 5.76. The van der Waals surface area contributed by atoms with Crippen LogP contribution in [-0.2, 0) is 5.75 Å².